The van der Waals surface area contributed by atoms with Gasteiger partial charge in [-0.05, 0) is 25.5 Å². The number of carbonyl (C=O) groups excluding carboxylic acids is 1. The molecule has 0 fully saturated rings. The number of anilines is 1. The number of carbonyl (C=O) groups is 1. The zero-order valence-corrected chi connectivity index (χ0v) is 16.0. The Labute approximate surface area is 168 Å². The van der Waals surface area contributed by atoms with Crippen LogP contribution in [0.2, 0.25) is 0 Å². The average Bonchev–Trinajstić information content (AvgIpc) is 3.28. The van der Waals surface area contributed by atoms with E-state index in [0.29, 0.717) is 11.1 Å². The lowest BCUT2D eigenvalue weighted by Gasteiger charge is -2.08. The predicted molar refractivity (Wildman–Crippen MR) is 101 cm³/mol. The lowest BCUT2D eigenvalue weighted by atomic mass is 10.1. The van der Waals surface area contributed by atoms with E-state index in [9.17, 15) is 18.0 Å². The number of nitrogens with zero attached hydrogens (tertiary/aromatic N) is 6. The van der Waals surface area contributed by atoms with E-state index in [4.69, 9.17) is 0 Å². The van der Waals surface area contributed by atoms with E-state index in [1.165, 1.54) is 24.0 Å². The van der Waals surface area contributed by atoms with Crippen molar-refractivity contribution in [2.24, 2.45) is 0 Å². The molecular weight excluding hydrogens is 399 g/mol. The molecule has 1 aromatic carbocycles. The zero-order chi connectivity index (χ0) is 21.5. The van der Waals surface area contributed by atoms with E-state index in [-0.39, 0.29) is 23.0 Å². The summed E-state index contributed by atoms with van der Waals surface area (Å²) in [5.41, 5.74) is 0.988. The SMILES string of the molecule is Cc1ccc(Cn2cnc(NC(=O)c3cc4nc(C)cc(C(F)(F)F)n4n3)n2)cc1. The van der Waals surface area contributed by atoms with E-state index < -0.39 is 17.8 Å². The van der Waals surface area contributed by atoms with Crippen LogP contribution in [0.15, 0.2) is 42.7 Å². The Bertz CT molecular complexity index is 1230. The summed E-state index contributed by atoms with van der Waals surface area (Å²) >= 11 is 0. The molecule has 0 saturated carbocycles. The average molecular weight is 415 g/mol. The van der Waals surface area contributed by atoms with Crippen molar-refractivity contribution in [1.82, 2.24) is 29.4 Å². The molecule has 0 unspecified atom stereocenters. The Kier molecular flexibility index (Phi) is 4.72. The fourth-order valence-electron chi connectivity index (χ4n) is 2.89. The molecule has 0 spiro atoms. The van der Waals surface area contributed by atoms with Gasteiger partial charge in [0.2, 0.25) is 5.95 Å². The van der Waals surface area contributed by atoms with Gasteiger partial charge in [0.25, 0.3) is 5.91 Å². The molecule has 3 aromatic heterocycles. The first-order chi connectivity index (χ1) is 14.2. The summed E-state index contributed by atoms with van der Waals surface area (Å²) in [5.74, 6) is -0.719. The molecule has 30 heavy (non-hydrogen) atoms. The van der Waals surface area contributed by atoms with Gasteiger partial charge >= 0.3 is 6.18 Å². The molecule has 1 N–H and O–H groups in total. The third kappa shape index (κ3) is 4.00. The summed E-state index contributed by atoms with van der Waals surface area (Å²) in [4.78, 5) is 20.5. The molecule has 4 rings (SSSR count). The highest BCUT2D eigenvalue weighted by Gasteiger charge is 2.35. The van der Waals surface area contributed by atoms with Crippen LogP contribution in [0.3, 0.4) is 0 Å². The van der Waals surface area contributed by atoms with Crippen LogP contribution in [0.1, 0.15) is 33.0 Å². The summed E-state index contributed by atoms with van der Waals surface area (Å²) in [6.45, 7) is 3.88. The molecule has 4 aromatic rings. The Morgan fingerprint density at radius 3 is 2.53 bits per heavy atom. The van der Waals surface area contributed by atoms with Crippen LogP contribution in [-0.2, 0) is 12.7 Å². The molecule has 8 nitrogen and oxygen atoms in total. The van der Waals surface area contributed by atoms with E-state index in [1.54, 1.807) is 0 Å². The maximum atomic E-state index is 13.2. The normalized spacial score (nSPS) is 11.8. The minimum Gasteiger partial charge on any atom is -0.288 e. The number of halogens is 3. The van der Waals surface area contributed by atoms with Gasteiger partial charge in [0.1, 0.15) is 12.0 Å². The molecule has 0 saturated heterocycles. The molecule has 1 amide bonds. The Hall–Kier alpha value is -3.76. The Morgan fingerprint density at radius 2 is 1.83 bits per heavy atom. The minimum atomic E-state index is -4.64. The van der Waals surface area contributed by atoms with Crippen LogP contribution in [0.25, 0.3) is 5.65 Å². The van der Waals surface area contributed by atoms with Crippen molar-refractivity contribution in [3.63, 3.8) is 0 Å². The zero-order valence-electron chi connectivity index (χ0n) is 16.0. The van der Waals surface area contributed by atoms with Crippen LogP contribution in [0.5, 0.6) is 0 Å². The Balaban J connectivity index is 1.54. The van der Waals surface area contributed by atoms with Gasteiger partial charge in [-0.25, -0.2) is 19.2 Å². The number of benzene rings is 1. The lowest BCUT2D eigenvalue weighted by Crippen LogP contribution is -2.16. The number of hydrogen-bond acceptors (Lipinski definition) is 5. The largest absolute Gasteiger partial charge is 0.433 e. The van der Waals surface area contributed by atoms with Gasteiger partial charge in [0.05, 0.1) is 6.54 Å². The smallest absolute Gasteiger partial charge is 0.288 e. The number of nitrogens with one attached hydrogen (secondary N) is 1. The third-order valence-corrected chi connectivity index (χ3v) is 4.31. The van der Waals surface area contributed by atoms with Crippen LogP contribution >= 0.6 is 0 Å². The highest BCUT2D eigenvalue weighted by atomic mass is 19.4. The van der Waals surface area contributed by atoms with Crippen molar-refractivity contribution in [3.05, 3.63) is 70.9 Å². The molecule has 0 aliphatic carbocycles. The molecule has 0 aliphatic rings. The molecule has 0 aliphatic heterocycles. The van der Waals surface area contributed by atoms with Crippen molar-refractivity contribution < 1.29 is 18.0 Å². The molecule has 154 valence electrons. The number of aryl methyl sites for hydroxylation is 2. The number of aromatic nitrogens is 6. The van der Waals surface area contributed by atoms with Crippen LogP contribution in [-0.4, -0.2) is 35.3 Å². The monoisotopic (exact) mass is 415 g/mol. The lowest BCUT2D eigenvalue weighted by molar-refractivity contribution is -0.142. The Morgan fingerprint density at radius 1 is 1.10 bits per heavy atom. The van der Waals surface area contributed by atoms with E-state index in [2.05, 4.69) is 25.5 Å². The van der Waals surface area contributed by atoms with Crippen molar-refractivity contribution in [2.75, 3.05) is 5.32 Å². The maximum Gasteiger partial charge on any atom is 0.433 e. The second-order valence-corrected chi connectivity index (χ2v) is 6.79. The third-order valence-electron chi connectivity index (χ3n) is 4.31. The molecule has 0 atom stereocenters. The second-order valence-electron chi connectivity index (χ2n) is 6.79. The van der Waals surface area contributed by atoms with Gasteiger partial charge in [-0.2, -0.15) is 18.3 Å². The molecule has 11 heteroatoms. The topological polar surface area (TPSA) is 90.0 Å². The van der Waals surface area contributed by atoms with Gasteiger partial charge in [-0.15, -0.1) is 5.10 Å². The summed E-state index contributed by atoms with van der Waals surface area (Å²) < 4.78 is 41.9. The van der Waals surface area contributed by atoms with Crippen molar-refractivity contribution in [3.8, 4) is 0 Å². The van der Waals surface area contributed by atoms with E-state index >= 15 is 0 Å². The summed E-state index contributed by atoms with van der Waals surface area (Å²) in [6, 6.07) is 9.92. The quantitative estimate of drug-likeness (QED) is 0.553. The number of hydrogen-bond donors (Lipinski definition) is 1. The first-order valence-corrected chi connectivity index (χ1v) is 8.90. The van der Waals surface area contributed by atoms with Gasteiger partial charge in [0.15, 0.2) is 11.3 Å². The van der Waals surface area contributed by atoms with E-state index in [0.717, 1.165) is 17.2 Å². The van der Waals surface area contributed by atoms with Crippen LogP contribution in [0, 0.1) is 13.8 Å². The number of rotatable bonds is 4. The molecule has 0 bridgehead atoms. The fraction of sp³-hybridized carbons (Fsp3) is 0.211. The first-order valence-electron chi connectivity index (χ1n) is 8.90. The van der Waals surface area contributed by atoms with Crippen LogP contribution in [0.4, 0.5) is 19.1 Å². The standard InChI is InChI=1S/C19H16F3N7O/c1-11-3-5-13(6-4-11)9-28-10-23-18(27-28)25-17(30)14-8-16-24-12(2)7-15(19(20,21)22)29(16)26-14/h3-8,10H,9H2,1-2H3,(H,25,27,30). The molecule has 3 heterocycles. The van der Waals surface area contributed by atoms with Gasteiger partial charge in [-0.1, -0.05) is 29.8 Å². The second kappa shape index (κ2) is 7.25. The first kappa shape index (κ1) is 19.6. The van der Waals surface area contributed by atoms with Crippen molar-refractivity contribution in [1.29, 1.82) is 0 Å². The number of fused-ring (bicyclic) bond motifs is 1. The number of alkyl halides is 3. The summed E-state index contributed by atoms with van der Waals surface area (Å²) in [5, 5.41) is 10.4. The van der Waals surface area contributed by atoms with E-state index in [1.807, 2.05) is 31.2 Å². The maximum absolute atomic E-state index is 13.2. The van der Waals surface area contributed by atoms with Gasteiger partial charge in [0, 0.05) is 11.8 Å². The van der Waals surface area contributed by atoms with Gasteiger partial charge < -0.3 is 0 Å². The molecular formula is C19H16F3N7O. The van der Waals surface area contributed by atoms with Crippen molar-refractivity contribution >= 4 is 17.5 Å². The summed E-state index contributed by atoms with van der Waals surface area (Å²) in [7, 11) is 0. The molecule has 0 radical (unpaired) electrons. The summed E-state index contributed by atoms with van der Waals surface area (Å²) in [6.07, 6.45) is -3.19. The fourth-order valence-corrected chi connectivity index (χ4v) is 2.89. The predicted octanol–water partition coefficient (Wildman–Crippen LogP) is 3.26. The van der Waals surface area contributed by atoms with Crippen molar-refractivity contribution in [2.45, 2.75) is 26.6 Å². The highest BCUT2D eigenvalue weighted by Crippen LogP contribution is 2.29. The minimum absolute atomic E-state index is 0.0179. The highest BCUT2D eigenvalue weighted by molar-refractivity contribution is 6.02. The van der Waals surface area contributed by atoms with Gasteiger partial charge in [-0.3, -0.25) is 10.1 Å². The number of amides is 1. The van der Waals surface area contributed by atoms with Crippen LogP contribution < -0.4 is 5.32 Å².